The molecule has 0 atom stereocenters. The first-order chi connectivity index (χ1) is 15.5. The largest absolute Gasteiger partial charge is 0.385 e. The minimum absolute atomic E-state index is 0.0355. The Morgan fingerprint density at radius 2 is 1.53 bits per heavy atom. The number of hydroxylamine groups is 1. The second-order valence-corrected chi connectivity index (χ2v) is 8.38. The molecule has 3 rings (SSSR count). The number of hydrogen-bond acceptors (Lipinski definition) is 7. The lowest BCUT2D eigenvalue weighted by molar-refractivity contribution is -0.129. The summed E-state index contributed by atoms with van der Waals surface area (Å²) in [5.41, 5.74) is 2.27. The highest BCUT2D eigenvalue weighted by molar-refractivity contribution is 5.95. The number of amides is 1. The van der Waals surface area contributed by atoms with Crippen LogP contribution >= 0.6 is 0 Å². The summed E-state index contributed by atoms with van der Waals surface area (Å²) in [7, 11) is 0. The van der Waals surface area contributed by atoms with Gasteiger partial charge in [-0.1, -0.05) is 49.6 Å². The Hall–Kier alpha value is -2.84. The molecule has 32 heavy (non-hydrogen) atoms. The average Bonchev–Trinajstić information content (AvgIpc) is 2.84. The van der Waals surface area contributed by atoms with Crippen LogP contribution in [-0.4, -0.2) is 45.1 Å². The molecule has 0 spiro atoms. The molecular formula is C24H32N4O4. The van der Waals surface area contributed by atoms with E-state index in [4.69, 9.17) is 5.21 Å². The molecule has 8 heteroatoms. The normalized spacial score (nSPS) is 15.4. The van der Waals surface area contributed by atoms with Crippen LogP contribution in [0.5, 0.6) is 0 Å². The molecule has 8 nitrogen and oxygen atoms in total. The number of piperidine rings is 1. The molecule has 1 aromatic heterocycles. The van der Waals surface area contributed by atoms with Crippen molar-refractivity contribution in [1.82, 2.24) is 15.4 Å². The lowest BCUT2D eigenvalue weighted by Crippen LogP contribution is -2.43. The number of anilines is 1. The van der Waals surface area contributed by atoms with Crippen LogP contribution in [0.4, 0.5) is 5.95 Å². The van der Waals surface area contributed by atoms with E-state index in [2.05, 4.69) is 9.97 Å². The number of nitrogens with one attached hydrogen (secondary N) is 1. The first-order valence-corrected chi connectivity index (χ1v) is 11.3. The van der Waals surface area contributed by atoms with E-state index in [0.29, 0.717) is 50.3 Å². The summed E-state index contributed by atoms with van der Waals surface area (Å²) in [4.78, 5) is 34.1. The third kappa shape index (κ3) is 6.58. The third-order valence-corrected chi connectivity index (χ3v) is 6.08. The number of aliphatic hydroxyl groups is 1. The van der Waals surface area contributed by atoms with Crippen molar-refractivity contribution < 1.29 is 19.9 Å². The highest BCUT2D eigenvalue weighted by atomic mass is 16.5. The fourth-order valence-electron chi connectivity index (χ4n) is 4.04. The maximum Gasteiger partial charge on any atom is 0.243 e. The molecule has 1 aliphatic rings. The van der Waals surface area contributed by atoms with Crippen molar-refractivity contribution in [1.29, 1.82) is 0 Å². The summed E-state index contributed by atoms with van der Waals surface area (Å²) >= 11 is 0. The van der Waals surface area contributed by atoms with E-state index in [1.165, 1.54) is 0 Å². The molecule has 3 N–H and O–H groups in total. The molecule has 1 saturated heterocycles. The first kappa shape index (κ1) is 23.8. The number of aromatic nitrogens is 2. The van der Waals surface area contributed by atoms with Gasteiger partial charge in [-0.25, -0.2) is 15.4 Å². The number of rotatable bonds is 11. The Morgan fingerprint density at radius 3 is 2.16 bits per heavy atom. The molecule has 0 radical (unpaired) electrons. The smallest absolute Gasteiger partial charge is 0.243 e. The molecule has 1 fully saturated rings. The lowest BCUT2D eigenvalue weighted by atomic mass is 9.84. The lowest BCUT2D eigenvalue weighted by Gasteiger charge is -2.38. The number of nitrogens with zero attached hydrogens (tertiary/aromatic N) is 3. The Bertz CT molecular complexity index is 865. The highest BCUT2D eigenvalue weighted by Crippen LogP contribution is 2.33. The number of carbonyl (C=O) groups is 2. The minimum atomic E-state index is -0.821. The van der Waals surface area contributed by atoms with Crippen molar-refractivity contribution in [3.05, 3.63) is 53.9 Å². The van der Waals surface area contributed by atoms with Crippen LogP contribution in [-0.2, 0) is 10.4 Å². The molecule has 2 heterocycles. The molecule has 0 saturated carbocycles. The van der Waals surface area contributed by atoms with E-state index in [0.717, 1.165) is 37.7 Å². The second kappa shape index (κ2) is 11.7. The monoisotopic (exact) mass is 440 g/mol. The van der Waals surface area contributed by atoms with Crippen LogP contribution in [0, 0.1) is 0 Å². The summed E-state index contributed by atoms with van der Waals surface area (Å²) in [5, 5.41) is 19.4. The number of ketones is 1. The standard InChI is InChI=1S/C24H32N4O4/c29-21(11-7-2-1-3-8-12-22(30)27-32)19-17-25-23(26-18-19)28-15-13-24(31,14-16-28)20-9-5-4-6-10-20/h4-6,9-10,17-18,31-32H,1-3,7-8,11-16H2,(H,27,30). The van der Waals surface area contributed by atoms with Crippen molar-refractivity contribution in [3.63, 3.8) is 0 Å². The van der Waals surface area contributed by atoms with E-state index < -0.39 is 5.60 Å². The molecule has 0 bridgehead atoms. The molecule has 0 aliphatic carbocycles. The molecule has 1 aromatic carbocycles. The maximum atomic E-state index is 12.4. The van der Waals surface area contributed by atoms with E-state index in [9.17, 15) is 14.7 Å². The summed E-state index contributed by atoms with van der Waals surface area (Å²) in [5.74, 6) is 0.261. The number of unbranched alkanes of at least 4 members (excludes halogenated alkanes) is 4. The predicted molar refractivity (Wildman–Crippen MR) is 120 cm³/mol. The van der Waals surface area contributed by atoms with Gasteiger partial charge in [-0.05, 0) is 31.2 Å². The quantitative estimate of drug-likeness (QED) is 0.212. The van der Waals surface area contributed by atoms with E-state index in [1.54, 1.807) is 17.9 Å². The Labute approximate surface area is 188 Å². The molecule has 1 amide bonds. The zero-order chi connectivity index (χ0) is 22.8. The van der Waals surface area contributed by atoms with Crippen molar-refractivity contribution in [3.8, 4) is 0 Å². The zero-order valence-corrected chi connectivity index (χ0v) is 18.4. The van der Waals surface area contributed by atoms with Gasteiger partial charge in [0, 0.05) is 38.3 Å². The second-order valence-electron chi connectivity index (χ2n) is 8.38. The van der Waals surface area contributed by atoms with Gasteiger partial charge in [-0.3, -0.25) is 14.8 Å². The highest BCUT2D eigenvalue weighted by Gasteiger charge is 2.34. The van der Waals surface area contributed by atoms with E-state index in [-0.39, 0.29) is 11.7 Å². The van der Waals surface area contributed by atoms with Crippen LogP contribution in [0.3, 0.4) is 0 Å². The Balaban J connectivity index is 1.39. The van der Waals surface area contributed by atoms with E-state index in [1.807, 2.05) is 35.2 Å². The minimum Gasteiger partial charge on any atom is -0.385 e. The molecule has 1 aliphatic heterocycles. The van der Waals surface area contributed by atoms with Gasteiger partial charge in [0.05, 0.1) is 11.2 Å². The maximum absolute atomic E-state index is 12.4. The summed E-state index contributed by atoms with van der Waals surface area (Å²) < 4.78 is 0. The fraction of sp³-hybridized carbons (Fsp3) is 0.500. The SMILES string of the molecule is O=C(CCCCCCCC(=O)c1cnc(N2CCC(O)(c3ccccc3)CC2)nc1)NO. The first-order valence-electron chi connectivity index (χ1n) is 11.3. The van der Waals surface area contributed by atoms with Gasteiger partial charge in [0.15, 0.2) is 5.78 Å². The van der Waals surface area contributed by atoms with Gasteiger partial charge in [-0.2, -0.15) is 0 Å². The van der Waals surface area contributed by atoms with Gasteiger partial charge in [0.2, 0.25) is 11.9 Å². The topological polar surface area (TPSA) is 116 Å². The van der Waals surface area contributed by atoms with Crippen LogP contribution in [0.15, 0.2) is 42.7 Å². The molecule has 172 valence electrons. The average molecular weight is 441 g/mol. The summed E-state index contributed by atoms with van der Waals surface area (Å²) in [6.45, 7) is 1.30. The van der Waals surface area contributed by atoms with Gasteiger partial charge >= 0.3 is 0 Å². The van der Waals surface area contributed by atoms with Gasteiger partial charge in [-0.15, -0.1) is 0 Å². The number of benzene rings is 1. The molecule has 2 aromatic rings. The Morgan fingerprint density at radius 1 is 0.938 bits per heavy atom. The van der Waals surface area contributed by atoms with Crippen LogP contribution in [0.2, 0.25) is 0 Å². The van der Waals surface area contributed by atoms with Crippen molar-refractivity contribution in [2.75, 3.05) is 18.0 Å². The van der Waals surface area contributed by atoms with Crippen LogP contribution in [0.25, 0.3) is 0 Å². The Kier molecular flexibility index (Phi) is 8.70. The van der Waals surface area contributed by atoms with Crippen molar-refractivity contribution in [2.24, 2.45) is 0 Å². The van der Waals surface area contributed by atoms with Crippen molar-refractivity contribution in [2.45, 2.75) is 63.4 Å². The summed E-state index contributed by atoms with van der Waals surface area (Å²) in [6.07, 6.45) is 9.45. The van der Waals surface area contributed by atoms with E-state index >= 15 is 0 Å². The fourth-order valence-corrected chi connectivity index (χ4v) is 4.04. The predicted octanol–water partition coefficient (Wildman–Crippen LogP) is 3.38. The van der Waals surface area contributed by atoms with Crippen molar-refractivity contribution >= 4 is 17.6 Å². The summed E-state index contributed by atoms with van der Waals surface area (Å²) in [6, 6.07) is 9.75. The van der Waals surface area contributed by atoms with Crippen LogP contribution in [0.1, 0.15) is 73.7 Å². The zero-order valence-electron chi connectivity index (χ0n) is 18.4. The number of carbonyl (C=O) groups excluding carboxylic acids is 2. The van der Waals surface area contributed by atoms with Gasteiger partial charge in [0.1, 0.15) is 0 Å². The molecule has 0 unspecified atom stereocenters. The van der Waals surface area contributed by atoms with Gasteiger partial charge in [0.25, 0.3) is 0 Å². The third-order valence-electron chi connectivity index (χ3n) is 6.08. The number of Topliss-reactive ketones (excluding diaryl/α,β-unsaturated/α-hetero) is 1. The van der Waals surface area contributed by atoms with Gasteiger partial charge < -0.3 is 10.0 Å². The van der Waals surface area contributed by atoms with Crippen LogP contribution < -0.4 is 10.4 Å². The molecular weight excluding hydrogens is 408 g/mol. The number of hydrogen-bond donors (Lipinski definition) is 3.